The van der Waals surface area contributed by atoms with E-state index >= 15 is 0 Å². The fourth-order valence-corrected chi connectivity index (χ4v) is 1.78. The molecule has 4 nitrogen and oxygen atoms in total. The quantitative estimate of drug-likeness (QED) is 0.644. The molecule has 0 bridgehead atoms. The Morgan fingerprint density at radius 3 is 2.25 bits per heavy atom. The van der Waals surface area contributed by atoms with Crippen molar-refractivity contribution < 1.29 is 33.0 Å². The first-order valence-corrected chi connectivity index (χ1v) is 6.27. The van der Waals surface area contributed by atoms with Gasteiger partial charge in [-0.15, -0.1) is 0 Å². The number of rotatable bonds is 4. The molecule has 0 aliphatic carbocycles. The number of hydrogen-bond donors (Lipinski definition) is 2. The van der Waals surface area contributed by atoms with E-state index in [1.165, 1.54) is 6.92 Å². The van der Waals surface area contributed by atoms with E-state index in [0.717, 1.165) is 6.07 Å². The van der Waals surface area contributed by atoms with Crippen LogP contribution in [0.4, 0.5) is 13.2 Å². The number of aliphatic carboxylic acids is 1. The van der Waals surface area contributed by atoms with Crippen molar-refractivity contribution in [1.29, 1.82) is 0 Å². The minimum Gasteiger partial charge on any atom is -0.479 e. The van der Waals surface area contributed by atoms with E-state index in [1.54, 1.807) is 0 Å². The third-order valence-electron chi connectivity index (χ3n) is 2.54. The molecule has 1 rings (SSSR count). The SMILES string of the molecule is CC(Br)C(=O)c1cc(C(F)(F)F)ccc1C(O)C(=O)O. The fraction of sp³-hybridized carbons (Fsp3) is 0.333. The van der Waals surface area contributed by atoms with E-state index < -0.39 is 40.0 Å². The molecule has 0 aliphatic heterocycles. The Kier molecular flexibility index (Phi) is 4.93. The van der Waals surface area contributed by atoms with Gasteiger partial charge in [0, 0.05) is 11.1 Å². The van der Waals surface area contributed by atoms with Gasteiger partial charge in [0.05, 0.1) is 10.4 Å². The van der Waals surface area contributed by atoms with Crippen LogP contribution in [-0.2, 0) is 11.0 Å². The smallest absolute Gasteiger partial charge is 0.416 e. The molecule has 1 aromatic rings. The van der Waals surface area contributed by atoms with Crippen LogP contribution in [0.1, 0.15) is 34.5 Å². The molecular formula is C12H10BrF3O4. The maximum Gasteiger partial charge on any atom is 0.416 e. The Bertz CT molecular complexity index is 540. The molecule has 2 unspecified atom stereocenters. The van der Waals surface area contributed by atoms with Gasteiger partial charge < -0.3 is 10.2 Å². The number of ketones is 1. The molecule has 0 saturated heterocycles. The van der Waals surface area contributed by atoms with E-state index in [9.17, 15) is 27.9 Å². The van der Waals surface area contributed by atoms with Crippen molar-refractivity contribution in [3.63, 3.8) is 0 Å². The second-order valence-electron chi connectivity index (χ2n) is 4.02. The summed E-state index contributed by atoms with van der Waals surface area (Å²) in [5.74, 6) is -2.40. The third kappa shape index (κ3) is 3.57. The lowest BCUT2D eigenvalue weighted by atomic mass is 9.95. The summed E-state index contributed by atoms with van der Waals surface area (Å²) in [5, 5.41) is 18.2. The number of carbonyl (C=O) groups excluding carboxylic acids is 1. The number of halogens is 4. The van der Waals surface area contributed by atoms with Gasteiger partial charge >= 0.3 is 12.1 Å². The number of carbonyl (C=O) groups is 2. The first kappa shape index (κ1) is 16.6. The molecule has 0 aromatic heterocycles. The summed E-state index contributed by atoms with van der Waals surface area (Å²) in [6.07, 6.45) is -6.74. The van der Waals surface area contributed by atoms with Gasteiger partial charge in [0.1, 0.15) is 0 Å². The van der Waals surface area contributed by atoms with Crippen molar-refractivity contribution in [3.05, 3.63) is 34.9 Å². The average Bonchev–Trinajstić information content (AvgIpc) is 2.34. The monoisotopic (exact) mass is 354 g/mol. The Hall–Kier alpha value is -1.41. The zero-order chi connectivity index (χ0) is 15.7. The summed E-state index contributed by atoms with van der Waals surface area (Å²) in [6.45, 7) is 1.39. The predicted molar refractivity (Wildman–Crippen MR) is 66.8 cm³/mol. The molecule has 110 valence electrons. The highest BCUT2D eigenvalue weighted by molar-refractivity contribution is 9.10. The first-order chi connectivity index (χ1) is 9.05. The highest BCUT2D eigenvalue weighted by Gasteiger charge is 2.33. The molecule has 2 N–H and O–H groups in total. The van der Waals surface area contributed by atoms with E-state index in [1.807, 2.05) is 0 Å². The van der Waals surface area contributed by atoms with E-state index in [0.29, 0.717) is 12.1 Å². The van der Waals surface area contributed by atoms with Gasteiger partial charge in [0.2, 0.25) is 0 Å². The van der Waals surface area contributed by atoms with Crippen molar-refractivity contribution >= 4 is 27.7 Å². The van der Waals surface area contributed by atoms with Gasteiger partial charge in [-0.25, -0.2) is 4.79 Å². The van der Waals surface area contributed by atoms with Crippen LogP contribution in [-0.4, -0.2) is 26.8 Å². The first-order valence-electron chi connectivity index (χ1n) is 5.36. The molecule has 0 spiro atoms. The van der Waals surface area contributed by atoms with Crippen molar-refractivity contribution in [2.24, 2.45) is 0 Å². The van der Waals surface area contributed by atoms with Gasteiger partial charge in [0.25, 0.3) is 0 Å². The lowest BCUT2D eigenvalue weighted by Gasteiger charge is -2.15. The molecule has 2 atom stereocenters. The van der Waals surface area contributed by atoms with Crippen LogP contribution in [0.5, 0.6) is 0 Å². The van der Waals surface area contributed by atoms with Crippen LogP contribution in [0, 0.1) is 0 Å². The number of hydrogen-bond acceptors (Lipinski definition) is 3. The molecule has 0 radical (unpaired) electrons. The van der Waals surface area contributed by atoms with Crippen molar-refractivity contribution in [1.82, 2.24) is 0 Å². The molecule has 0 fully saturated rings. The summed E-state index contributed by atoms with van der Waals surface area (Å²) >= 11 is 2.91. The number of aliphatic hydroxyl groups is 1. The van der Waals surface area contributed by atoms with E-state index in [2.05, 4.69) is 15.9 Å². The summed E-state index contributed by atoms with van der Waals surface area (Å²) in [7, 11) is 0. The molecule has 1 aromatic carbocycles. The van der Waals surface area contributed by atoms with Crippen LogP contribution >= 0.6 is 15.9 Å². The van der Waals surface area contributed by atoms with Gasteiger partial charge in [-0.1, -0.05) is 22.0 Å². The van der Waals surface area contributed by atoms with Crippen LogP contribution in [0.2, 0.25) is 0 Å². The van der Waals surface area contributed by atoms with Crippen LogP contribution in [0.25, 0.3) is 0 Å². The van der Waals surface area contributed by atoms with Gasteiger partial charge in [-0.3, -0.25) is 4.79 Å². The number of carboxylic acids is 1. The summed E-state index contributed by atoms with van der Waals surface area (Å²) in [5.41, 5.74) is -1.93. The zero-order valence-electron chi connectivity index (χ0n) is 10.1. The molecule has 0 saturated carbocycles. The number of carboxylic acid groups (broad SMARTS) is 1. The minimum atomic E-state index is -4.67. The van der Waals surface area contributed by atoms with Gasteiger partial charge in [0.15, 0.2) is 11.9 Å². The molecule has 20 heavy (non-hydrogen) atoms. The lowest BCUT2D eigenvalue weighted by Crippen LogP contribution is -2.20. The molecule has 0 aliphatic rings. The molecular weight excluding hydrogens is 345 g/mol. The average molecular weight is 355 g/mol. The predicted octanol–water partition coefficient (Wildman–Crippen LogP) is 2.79. The Morgan fingerprint density at radius 2 is 1.85 bits per heavy atom. The highest BCUT2D eigenvalue weighted by Crippen LogP contribution is 2.32. The maximum absolute atomic E-state index is 12.6. The highest BCUT2D eigenvalue weighted by atomic mass is 79.9. The largest absolute Gasteiger partial charge is 0.479 e. The standard InChI is InChI=1S/C12H10BrF3O4/c1-5(13)9(17)8-4-6(12(14,15)16)2-3-7(8)10(18)11(19)20/h2-5,10,18H,1H3,(H,19,20). The number of aliphatic hydroxyl groups excluding tert-OH is 1. The zero-order valence-corrected chi connectivity index (χ0v) is 11.7. The summed E-state index contributed by atoms with van der Waals surface area (Å²) in [4.78, 5) is 21.8. The fourth-order valence-electron chi connectivity index (χ4n) is 1.53. The van der Waals surface area contributed by atoms with Crippen LogP contribution < -0.4 is 0 Å². The molecule has 0 heterocycles. The summed E-state index contributed by atoms with van der Waals surface area (Å²) < 4.78 is 37.9. The topological polar surface area (TPSA) is 74.6 Å². The number of benzene rings is 1. The van der Waals surface area contributed by atoms with Crippen molar-refractivity contribution in [3.8, 4) is 0 Å². The van der Waals surface area contributed by atoms with Gasteiger partial charge in [-0.05, 0) is 19.1 Å². The van der Waals surface area contributed by atoms with E-state index in [-0.39, 0.29) is 5.56 Å². The third-order valence-corrected chi connectivity index (χ3v) is 2.95. The second kappa shape index (κ2) is 5.92. The normalized spacial score (nSPS) is 14.7. The maximum atomic E-state index is 12.6. The lowest BCUT2D eigenvalue weighted by molar-refractivity contribution is -0.146. The Balaban J connectivity index is 3.46. The van der Waals surface area contributed by atoms with Crippen LogP contribution in [0.3, 0.4) is 0 Å². The van der Waals surface area contributed by atoms with Crippen molar-refractivity contribution in [2.75, 3.05) is 0 Å². The van der Waals surface area contributed by atoms with Gasteiger partial charge in [-0.2, -0.15) is 13.2 Å². The second-order valence-corrected chi connectivity index (χ2v) is 5.39. The Labute approximate surface area is 120 Å². The van der Waals surface area contributed by atoms with E-state index in [4.69, 9.17) is 5.11 Å². The Morgan fingerprint density at radius 1 is 1.30 bits per heavy atom. The minimum absolute atomic E-state index is 0.373. The molecule has 8 heteroatoms. The number of alkyl halides is 4. The summed E-state index contributed by atoms with van der Waals surface area (Å²) in [6, 6.07) is 1.96. The molecule has 0 amide bonds. The van der Waals surface area contributed by atoms with Crippen molar-refractivity contribution in [2.45, 2.75) is 24.0 Å². The number of Topliss-reactive ketones (excluding diaryl/α,β-unsaturated/α-hetero) is 1. The van der Waals surface area contributed by atoms with Crippen LogP contribution in [0.15, 0.2) is 18.2 Å².